The summed E-state index contributed by atoms with van der Waals surface area (Å²) in [4.78, 5) is 12.0. The highest BCUT2D eigenvalue weighted by Crippen LogP contribution is 2.32. The summed E-state index contributed by atoms with van der Waals surface area (Å²) in [7, 11) is 0. The van der Waals surface area contributed by atoms with E-state index in [2.05, 4.69) is 5.32 Å². The second-order valence-corrected chi connectivity index (χ2v) is 5.19. The third-order valence-corrected chi connectivity index (χ3v) is 3.73. The molecule has 4 nitrogen and oxygen atoms in total. The molecule has 3 N–H and O–H groups in total. The van der Waals surface area contributed by atoms with Gasteiger partial charge in [0.1, 0.15) is 11.3 Å². The van der Waals surface area contributed by atoms with Crippen LogP contribution in [0.25, 0.3) is 11.0 Å². The minimum absolute atomic E-state index is 0.111. The Morgan fingerprint density at radius 1 is 1.50 bits per heavy atom. The standard InChI is InChI=1S/C16H18N2O2/c1-2-7-18-16(19)10-3-5-14-12(8-10)13-9-11(17)4-6-15(13)20-14/h2-3,5,7-8,11H,4,6,9,17H2,1H3,(H,18,19). The summed E-state index contributed by atoms with van der Waals surface area (Å²) in [6, 6.07) is 5.73. The maximum atomic E-state index is 12.0. The summed E-state index contributed by atoms with van der Waals surface area (Å²) in [5.41, 5.74) is 8.68. The van der Waals surface area contributed by atoms with E-state index >= 15 is 0 Å². The van der Waals surface area contributed by atoms with Crippen molar-refractivity contribution in [1.29, 1.82) is 0 Å². The second kappa shape index (κ2) is 5.13. The summed E-state index contributed by atoms with van der Waals surface area (Å²) in [5.74, 6) is 0.910. The SMILES string of the molecule is CC=CNC(=O)c1ccc2oc3c(c2c1)CC(N)CC3. The van der Waals surface area contributed by atoms with Gasteiger partial charge in [-0.25, -0.2) is 0 Å². The Kier molecular flexibility index (Phi) is 3.32. The summed E-state index contributed by atoms with van der Waals surface area (Å²) in [6.07, 6.45) is 6.08. The molecule has 2 aromatic rings. The Morgan fingerprint density at radius 3 is 3.15 bits per heavy atom. The van der Waals surface area contributed by atoms with Crippen molar-refractivity contribution in [3.8, 4) is 0 Å². The second-order valence-electron chi connectivity index (χ2n) is 5.19. The van der Waals surface area contributed by atoms with Crippen LogP contribution in [0.15, 0.2) is 34.9 Å². The van der Waals surface area contributed by atoms with E-state index in [9.17, 15) is 4.79 Å². The van der Waals surface area contributed by atoms with Gasteiger partial charge in [0.15, 0.2) is 0 Å². The average Bonchev–Trinajstić information content (AvgIpc) is 2.82. The van der Waals surface area contributed by atoms with E-state index in [-0.39, 0.29) is 11.9 Å². The van der Waals surface area contributed by atoms with Crippen LogP contribution in [0, 0.1) is 0 Å². The monoisotopic (exact) mass is 270 g/mol. The van der Waals surface area contributed by atoms with Crippen molar-refractivity contribution < 1.29 is 9.21 Å². The maximum Gasteiger partial charge on any atom is 0.255 e. The van der Waals surface area contributed by atoms with Gasteiger partial charge in [-0.2, -0.15) is 0 Å². The van der Waals surface area contributed by atoms with Crippen molar-refractivity contribution >= 4 is 16.9 Å². The molecule has 104 valence electrons. The molecule has 1 aliphatic rings. The lowest BCUT2D eigenvalue weighted by Gasteiger charge is -2.16. The molecule has 1 aromatic carbocycles. The van der Waals surface area contributed by atoms with Crippen LogP contribution in [0.2, 0.25) is 0 Å². The highest BCUT2D eigenvalue weighted by molar-refractivity contribution is 5.99. The van der Waals surface area contributed by atoms with Gasteiger partial charge >= 0.3 is 0 Å². The Bertz CT molecular complexity index is 685. The molecule has 3 rings (SSSR count). The predicted molar refractivity (Wildman–Crippen MR) is 78.5 cm³/mol. The zero-order valence-corrected chi connectivity index (χ0v) is 11.5. The van der Waals surface area contributed by atoms with E-state index in [1.807, 2.05) is 19.1 Å². The highest BCUT2D eigenvalue weighted by atomic mass is 16.3. The minimum atomic E-state index is -0.111. The Balaban J connectivity index is 2.02. The first-order chi connectivity index (χ1) is 9.69. The van der Waals surface area contributed by atoms with E-state index in [1.165, 1.54) is 5.56 Å². The first kappa shape index (κ1) is 12.9. The number of hydrogen-bond donors (Lipinski definition) is 2. The molecule has 1 aliphatic carbocycles. The third-order valence-electron chi connectivity index (χ3n) is 3.73. The number of allylic oxidation sites excluding steroid dienone is 1. The third kappa shape index (κ3) is 2.23. The minimum Gasteiger partial charge on any atom is -0.461 e. The summed E-state index contributed by atoms with van der Waals surface area (Å²) < 4.78 is 5.85. The number of fused-ring (bicyclic) bond motifs is 3. The number of benzene rings is 1. The first-order valence-corrected chi connectivity index (χ1v) is 6.91. The number of nitrogens with one attached hydrogen (secondary N) is 1. The molecule has 4 heteroatoms. The molecule has 20 heavy (non-hydrogen) atoms. The lowest BCUT2D eigenvalue weighted by molar-refractivity contribution is 0.0970. The van der Waals surface area contributed by atoms with Crippen molar-refractivity contribution in [2.45, 2.75) is 32.2 Å². The average molecular weight is 270 g/mol. The van der Waals surface area contributed by atoms with Gasteiger partial charge in [-0.3, -0.25) is 4.79 Å². The molecule has 1 aromatic heterocycles. The van der Waals surface area contributed by atoms with E-state index < -0.39 is 0 Å². The molecule has 1 amide bonds. The summed E-state index contributed by atoms with van der Waals surface area (Å²) in [5, 5.41) is 3.74. The normalized spacial score (nSPS) is 18.4. The van der Waals surface area contributed by atoms with Crippen molar-refractivity contribution in [3.63, 3.8) is 0 Å². The van der Waals surface area contributed by atoms with E-state index in [4.69, 9.17) is 10.2 Å². The van der Waals surface area contributed by atoms with Crippen LogP contribution < -0.4 is 11.1 Å². The van der Waals surface area contributed by atoms with Gasteiger partial charge in [0.2, 0.25) is 0 Å². The van der Waals surface area contributed by atoms with E-state index in [1.54, 1.807) is 18.3 Å². The fourth-order valence-electron chi connectivity index (χ4n) is 2.69. The topological polar surface area (TPSA) is 68.3 Å². The van der Waals surface area contributed by atoms with Crippen molar-refractivity contribution in [3.05, 3.63) is 47.4 Å². The Morgan fingerprint density at radius 2 is 2.35 bits per heavy atom. The molecule has 1 atom stereocenters. The number of rotatable bonds is 2. The van der Waals surface area contributed by atoms with Crippen molar-refractivity contribution in [1.82, 2.24) is 5.32 Å². The van der Waals surface area contributed by atoms with Gasteiger partial charge in [-0.15, -0.1) is 0 Å². The summed E-state index contributed by atoms with van der Waals surface area (Å²) >= 11 is 0. The zero-order valence-electron chi connectivity index (χ0n) is 11.5. The fourth-order valence-corrected chi connectivity index (χ4v) is 2.69. The molecule has 0 saturated carbocycles. The number of furan rings is 1. The predicted octanol–water partition coefficient (Wildman–Crippen LogP) is 2.51. The molecule has 0 radical (unpaired) electrons. The molecule has 0 fully saturated rings. The largest absolute Gasteiger partial charge is 0.461 e. The van der Waals surface area contributed by atoms with Gasteiger partial charge in [-0.1, -0.05) is 6.08 Å². The Labute approximate surface area is 117 Å². The molecule has 0 saturated heterocycles. The number of amides is 1. The number of hydrogen-bond acceptors (Lipinski definition) is 3. The number of nitrogens with two attached hydrogens (primary N) is 1. The molecule has 1 unspecified atom stereocenters. The zero-order chi connectivity index (χ0) is 14.1. The van der Waals surface area contributed by atoms with E-state index in [0.29, 0.717) is 5.56 Å². The lowest BCUT2D eigenvalue weighted by atomic mass is 9.92. The smallest absolute Gasteiger partial charge is 0.255 e. The molecular weight excluding hydrogens is 252 g/mol. The highest BCUT2D eigenvalue weighted by Gasteiger charge is 2.22. The van der Waals surface area contributed by atoms with Gasteiger partial charge in [-0.05, 0) is 44.2 Å². The Hall–Kier alpha value is -2.07. The van der Waals surface area contributed by atoms with Crippen molar-refractivity contribution in [2.24, 2.45) is 5.73 Å². The molecule has 0 bridgehead atoms. The number of carbonyl (C=O) groups is 1. The van der Waals surface area contributed by atoms with Gasteiger partial charge < -0.3 is 15.5 Å². The van der Waals surface area contributed by atoms with Crippen molar-refractivity contribution in [2.75, 3.05) is 0 Å². The van der Waals surface area contributed by atoms with Crippen LogP contribution >= 0.6 is 0 Å². The van der Waals surface area contributed by atoms with Gasteiger partial charge in [0, 0.05) is 29.0 Å². The van der Waals surface area contributed by atoms with Crippen LogP contribution in [-0.2, 0) is 12.8 Å². The molecular formula is C16H18N2O2. The maximum absolute atomic E-state index is 12.0. The van der Waals surface area contributed by atoms with Crippen LogP contribution in [-0.4, -0.2) is 11.9 Å². The summed E-state index contributed by atoms with van der Waals surface area (Å²) in [6.45, 7) is 1.86. The molecule has 1 heterocycles. The van der Waals surface area contributed by atoms with Crippen LogP contribution in [0.4, 0.5) is 0 Å². The number of aryl methyl sites for hydroxylation is 1. The molecule has 0 aliphatic heterocycles. The van der Waals surface area contributed by atoms with Crippen LogP contribution in [0.1, 0.15) is 35.0 Å². The lowest BCUT2D eigenvalue weighted by Crippen LogP contribution is -2.27. The quantitative estimate of drug-likeness (QED) is 0.881. The van der Waals surface area contributed by atoms with Crippen LogP contribution in [0.3, 0.4) is 0 Å². The molecule has 0 spiro atoms. The van der Waals surface area contributed by atoms with Gasteiger partial charge in [0.25, 0.3) is 5.91 Å². The van der Waals surface area contributed by atoms with E-state index in [0.717, 1.165) is 36.0 Å². The fraction of sp³-hybridized carbons (Fsp3) is 0.312. The number of carbonyl (C=O) groups excluding carboxylic acids is 1. The van der Waals surface area contributed by atoms with Crippen LogP contribution in [0.5, 0.6) is 0 Å². The van der Waals surface area contributed by atoms with Gasteiger partial charge in [0.05, 0.1) is 0 Å². The first-order valence-electron chi connectivity index (χ1n) is 6.91.